The normalized spacial score (nSPS) is 21.0. The van der Waals surface area contributed by atoms with Crippen molar-refractivity contribution in [2.45, 2.75) is 19.3 Å². The Morgan fingerprint density at radius 3 is 2.56 bits per heavy atom. The topological polar surface area (TPSA) is 23.5 Å². The van der Waals surface area contributed by atoms with Crippen LogP contribution in [0.25, 0.3) is 0 Å². The fourth-order valence-electron chi connectivity index (χ4n) is 1.25. The second-order valence-electron chi connectivity index (χ2n) is 2.52. The van der Waals surface area contributed by atoms with Gasteiger partial charge in [-0.05, 0) is 32.4 Å². The molecule has 2 nitrogen and oxygen atoms in total. The zero-order valence-electron chi connectivity index (χ0n) is 5.71. The Bertz CT molecular complexity index is 69.3. The van der Waals surface area contributed by atoms with Gasteiger partial charge in [-0.3, -0.25) is 0 Å². The van der Waals surface area contributed by atoms with Crippen LogP contribution < -0.4 is 0 Å². The van der Waals surface area contributed by atoms with Crippen molar-refractivity contribution in [2.24, 2.45) is 0 Å². The van der Waals surface area contributed by atoms with Crippen LogP contribution >= 0.6 is 0 Å². The van der Waals surface area contributed by atoms with Crippen LogP contribution in [0, 0.1) is 6.61 Å². The molecule has 1 radical (unpaired) electrons. The minimum Gasteiger partial charge on any atom is -0.390 e. The molecule has 1 saturated heterocycles. The summed E-state index contributed by atoms with van der Waals surface area (Å²) in [5.41, 5.74) is 0. The highest BCUT2D eigenvalue weighted by molar-refractivity contribution is 4.66. The number of aliphatic hydroxyl groups is 1. The van der Waals surface area contributed by atoms with Crippen LogP contribution in [-0.2, 0) is 0 Å². The van der Waals surface area contributed by atoms with Gasteiger partial charge in [0, 0.05) is 6.54 Å². The molecule has 2 heteroatoms. The average Bonchev–Trinajstić information content (AvgIpc) is 2.34. The molecule has 0 aromatic rings. The Morgan fingerprint density at radius 2 is 2.00 bits per heavy atom. The lowest BCUT2D eigenvalue weighted by Gasteiger charge is -2.11. The van der Waals surface area contributed by atoms with Crippen molar-refractivity contribution in [1.82, 2.24) is 4.90 Å². The summed E-state index contributed by atoms with van der Waals surface area (Å²) in [5, 5.41) is 8.37. The molecule has 1 fully saturated rings. The molecule has 0 bridgehead atoms. The number of hydrogen-bond donors (Lipinski definition) is 1. The number of aliphatic hydroxyl groups excluding tert-OH is 1. The van der Waals surface area contributed by atoms with Crippen molar-refractivity contribution in [3.63, 3.8) is 0 Å². The molecule has 1 heterocycles. The first-order chi connectivity index (χ1) is 4.43. The molecule has 0 aliphatic carbocycles. The summed E-state index contributed by atoms with van der Waals surface area (Å²) >= 11 is 0. The molecule has 9 heavy (non-hydrogen) atoms. The molecule has 1 N–H and O–H groups in total. The molecular formula is C7H14NO. The van der Waals surface area contributed by atoms with Crippen LogP contribution in [-0.4, -0.2) is 29.6 Å². The van der Waals surface area contributed by atoms with Crippen LogP contribution in [0.2, 0.25) is 0 Å². The van der Waals surface area contributed by atoms with E-state index in [1.165, 1.54) is 32.5 Å². The lowest BCUT2D eigenvalue weighted by Crippen LogP contribution is -2.20. The first-order valence-electron chi connectivity index (χ1n) is 3.62. The fraction of sp³-hybridized carbons (Fsp3) is 0.857. The SMILES string of the molecule is O[CH]CCN1CCCC1. The van der Waals surface area contributed by atoms with Crippen molar-refractivity contribution >= 4 is 0 Å². The maximum Gasteiger partial charge on any atom is 0.0811 e. The zero-order valence-corrected chi connectivity index (χ0v) is 5.71. The molecule has 1 aliphatic heterocycles. The molecule has 0 spiro atoms. The minimum atomic E-state index is 0.819. The number of nitrogens with zero attached hydrogens (tertiary/aromatic N) is 1. The van der Waals surface area contributed by atoms with E-state index < -0.39 is 0 Å². The van der Waals surface area contributed by atoms with E-state index in [-0.39, 0.29) is 0 Å². The van der Waals surface area contributed by atoms with Crippen LogP contribution in [0.3, 0.4) is 0 Å². The van der Waals surface area contributed by atoms with Crippen molar-refractivity contribution in [3.05, 3.63) is 6.61 Å². The summed E-state index contributed by atoms with van der Waals surface area (Å²) in [7, 11) is 0. The van der Waals surface area contributed by atoms with Gasteiger partial charge in [-0.1, -0.05) is 0 Å². The van der Waals surface area contributed by atoms with Crippen LogP contribution in [0.1, 0.15) is 19.3 Å². The average molecular weight is 128 g/mol. The highest BCUT2D eigenvalue weighted by Crippen LogP contribution is 2.07. The maximum absolute atomic E-state index is 8.37. The Balaban J connectivity index is 1.98. The van der Waals surface area contributed by atoms with Gasteiger partial charge >= 0.3 is 0 Å². The summed E-state index contributed by atoms with van der Waals surface area (Å²) < 4.78 is 0. The third-order valence-corrected chi connectivity index (χ3v) is 1.77. The second-order valence-corrected chi connectivity index (χ2v) is 2.52. The highest BCUT2D eigenvalue weighted by Gasteiger charge is 2.09. The molecule has 0 amide bonds. The van der Waals surface area contributed by atoms with E-state index >= 15 is 0 Å². The smallest absolute Gasteiger partial charge is 0.0811 e. The summed E-state index contributed by atoms with van der Waals surface area (Å²) in [6.45, 7) is 4.75. The van der Waals surface area contributed by atoms with Gasteiger partial charge in [0.25, 0.3) is 0 Å². The van der Waals surface area contributed by atoms with E-state index in [1.807, 2.05) is 0 Å². The third-order valence-electron chi connectivity index (χ3n) is 1.77. The van der Waals surface area contributed by atoms with E-state index in [4.69, 9.17) is 5.11 Å². The Morgan fingerprint density at radius 1 is 1.33 bits per heavy atom. The van der Waals surface area contributed by atoms with E-state index in [0.717, 1.165) is 13.0 Å². The van der Waals surface area contributed by atoms with Gasteiger partial charge in [-0.15, -0.1) is 0 Å². The summed E-state index contributed by atoms with van der Waals surface area (Å²) in [5.74, 6) is 0. The molecule has 1 aliphatic rings. The summed E-state index contributed by atoms with van der Waals surface area (Å²) in [6, 6.07) is 0. The van der Waals surface area contributed by atoms with E-state index in [1.54, 1.807) is 0 Å². The fourth-order valence-corrected chi connectivity index (χ4v) is 1.25. The van der Waals surface area contributed by atoms with Gasteiger partial charge < -0.3 is 10.0 Å². The number of likely N-dealkylation sites (tertiary alicyclic amines) is 1. The Kier molecular flexibility index (Phi) is 3.01. The van der Waals surface area contributed by atoms with Gasteiger partial charge in [-0.2, -0.15) is 0 Å². The Labute approximate surface area is 56.5 Å². The molecule has 0 saturated carbocycles. The minimum absolute atomic E-state index is 0.819. The lowest BCUT2D eigenvalue weighted by molar-refractivity contribution is 0.300. The third kappa shape index (κ3) is 2.33. The first-order valence-corrected chi connectivity index (χ1v) is 3.62. The van der Waals surface area contributed by atoms with Crippen molar-refractivity contribution < 1.29 is 5.11 Å². The molecule has 0 atom stereocenters. The zero-order chi connectivity index (χ0) is 6.53. The van der Waals surface area contributed by atoms with Gasteiger partial charge in [0.2, 0.25) is 0 Å². The van der Waals surface area contributed by atoms with Gasteiger partial charge in [-0.25, -0.2) is 0 Å². The first kappa shape index (κ1) is 7.03. The van der Waals surface area contributed by atoms with Crippen LogP contribution in [0.4, 0.5) is 0 Å². The van der Waals surface area contributed by atoms with Gasteiger partial charge in [0.05, 0.1) is 6.61 Å². The predicted molar refractivity (Wildman–Crippen MR) is 36.5 cm³/mol. The lowest BCUT2D eigenvalue weighted by atomic mass is 10.4. The van der Waals surface area contributed by atoms with E-state index in [2.05, 4.69) is 4.90 Å². The summed E-state index contributed by atoms with van der Waals surface area (Å²) in [4.78, 5) is 2.38. The van der Waals surface area contributed by atoms with Crippen LogP contribution in [0.15, 0.2) is 0 Å². The highest BCUT2D eigenvalue weighted by atomic mass is 16.3. The van der Waals surface area contributed by atoms with E-state index in [0.29, 0.717) is 0 Å². The maximum atomic E-state index is 8.37. The largest absolute Gasteiger partial charge is 0.390 e. The van der Waals surface area contributed by atoms with Crippen LogP contribution in [0.5, 0.6) is 0 Å². The van der Waals surface area contributed by atoms with Gasteiger partial charge in [0.1, 0.15) is 0 Å². The monoisotopic (exact) mass is 128 g/mol. The predicted octanol–water partition coefficient (Wildman–Crippen LogP) is 1.01. The molecule has 53 valence electrons. The quantitative estimate of drug-likeness (QED) is 0.613. The number of rotatable bonds is 3. The molecular weight excluding hydrogens is 114 g/mol. The van der Waals surface area contributed by atoms with E-state index in [9.17, 15) is 0 Å². The molecule has 0 unspecified atom stereocenters. The molecule has 0 aromatic heterocycles. The standard InChI is InChI=1S/C7H14NO/c9-7-3-6-8-4-1-2-5-8/h7,9H,1-6H2. The van der Waals surface area contributed by atoms with Gasteiger partial charge in [0.15, 0.2) is 0 Å². The second kappa shape index (κ2) is 3.85. The van der Waals surface area contributed by atoms with Crippen molar-refractivity contribution in [3.8, 4) is 0 Å². The molecule has 1 rings (SSSR count). The van der Waals surface area contributed by atoms with Crippen molar-refractivity contribution in [2.75, 3.05) is 19.6 Å². The summed E-state index contributed by atoms with van der Waals surface area (Å²) in [6.07, 6.45) is 3.50. The number of hydrogen-bond acceptors (Lipinski definition) is 2. The molecule has 0 aromatic carbocycles. The van der Waals surface area contributed by atoms with Crippen molar-refractivity contribution in [1.29, 1.82) is 0 Å². The Hall–Kier alpha value is -0.0800.